The molecule has 5 heteroatoms. The zero-order valence-corrected chi connectivity index (χ0v) is 16.9. The highest BCUT2D eigenvalue weighted by Gasteiger charge is 2.23. The summed E-state index contributed by atoms with van der Waals surface area (Å²) in [5, 5.41) is 8.79. The highest BCUT2D eigenvalue weighted by Crippen LogP contribution is 2.38. The van der Waals surface area contributed by atoms with Gasteiger partial charge in [0.25, 0.3) is 0 Å². The molecule has 1 aromatic rings. The second kappa shape index (κ2) is 11.8. The largest absolute Gasteiger partial charge is 0.487 e. The van der Waals surface area contributed by atoms with Crippen LogP contribution in [0.2, 0.25) is 0 Å². The number of carbonyl (C=O) groups excluding carboxylic acids is 1. The molecule has 2 rings (SSSR count). The van der Waals surface area contributed by atoms with Crippen LogP contribution in [-0.2, 0) is 9.53 Å². The fourth-order valence-corrected chi connectivity index (χ4v) is 3.81. The lowest BCUT2D eigenvalue weighted by Gasteiger charge is -2.29. The van der Waals surface area contributed by atoms with E-state index in [1.54, 1.807) is 12.1 Å². The summed E-state index contributed by atoms with van der Waals surface area (Å²) in [4.78, 5) is 11.4. The normalized spacial score (nSPS) is 19.2. The molecule has 0 saturated heterocycles. The number of aliphatic hydroxyl groups is 1. The van der Waals surface area contributed by atoms with Crippen LogP contribution in [0.5, 0.6) is 5.75 Å². The fourth-order valence-electron chi connectivity index (χ4n) is 3.81. The third-order valence-electron chi connectivity index (χ3n) is 5.54. The summed E-state index contributed by atoms with van der Waals surface area (Å²) in [5.41, 5.74) is 1.03. The minimum Gasteiger partial charge on any atom is -0.487 e. The first kappa shape index (κ1) is 22.4. The molecule has 0 bridgehead atoms. The van der Waals surface area contributed by atoms with Crippen molar-refractivity contribution in [3.05, 3.63) is 41.7 Å². The summed E-state index contributed by atoms with van der Waals surface area (Å²) in [6.07, 6.45) is 9.97. The SMILES string of the molecule is C=C(CO)C(=O)OCCOc1ccc(C2CCC(CCCCC)CC2)cc1F. The Hall–Kier alpha value is -1.88. The Balaban J connectivity index is 1.76. The average Bonchev–Trinajstić information content (AvgIpc) is 2.72. The van der Waals surface area contributed by atoms with E-state index in [2.05, 4.69) is 13.5 Å². The molecular formula is C23H33FO4. The molecule has 0 radical (unpaired) electrons. The van der Waals surface area contributed by atoms with Crippen LogP contribution in [0.15, 0.2) is 30.4 Å². The molecule has 4 nitrogen and oxygen atoms in total. The van der Waals surface area contributed by atoms with E-state index < -0.39 is 12.6 Å². The maximum Gasteiger partial charge on any atom is 0.335 e. The van der Waals surface area contributed by atoms with E-state index in [-0.39, 0.29) is 30.4 Å². The Morgan fingerprint density at radius 2 is 1.96 bits per heavy atom. The molecule has 28 heavy (non-hydrogen) atoms. The van der Waals surface area contributed by atoms with Gasteiger partial charge in [0.1, 0.15) is 13.2 Å². The lowest BCUT2D eigenvalue weighted by Crippen LogP contribution is -2.15. The van der Waals surface area contributed by atoms with E-state index in [1.165, 1.54) is 38.5 Å². The minimum absolute atomic E-state index is 0.0179. The standard InChI is InChI=1S/C23H33FO4/c1-3-4-5-6-18-7-9-19(10-8-18)20-11-12-22(21(24)15-20)27-13-14-28-23(26)17(2)16-25/h11-12,15,18-19,25H,2-10,13-14,16H2,1H3. The summed E-state index contributed by atoms with van der Waals surface area (Å²) >= 11 is 0. The van der Waals surface area contributed by atoms with E-state index in [0.717, 1.165) is 24.3 Å². The maximum absolute atomic E-state index is 14.4. The van der Waals surface area contributed by atoms with E-state index >= 15 is 0 Å². The fraction of sp³-hybridized carbons (Fsp3) is 0.609. The lowest BCUT2D eigenvalue weighted by atomic mass is 9.77. The first-order chi connectivity index (χ1) is 13.5. The Bertz CT molecular complexity index is 635. The Morgan fingerprint density at radius 3 is 2.61 bits per heavy atom. The number of benzene rings is 1. The number of hydrogen-bond donors (Lipinski definition) is 1. The van der Waals surface area contributed by atoms with Crippen LogP contribution in [0.25, 0.3) is 0 Å². The first-order valence-corrected chi connectivity index (χ1v) is 10.4. The van der Waals surface area contributed by atoms with Gasteiger partial charge in [-0.05, 0) is 55.2 Å². The summed E-state index contributed by atoms with van der Waals surface area (Å²) in [6.45, 7) is 5.18. The van der Waals surface area contributed by atoms with E-state index in [0.29, 0.717) is 5.92 Å². The van der Waals surface area contributed by atoms with Crippen molar-refractivity contribution in [3.8, 4) is 5.75 Å². The van der Waals surface area contributed by atoms with Crippen molar-refractivity contribution in [1.82, 2.24) is 0 Å². The van der Waals surface area contributed by atoms with Gasteiger partial charge in [-0.25, -0.2) is 9.18 Å². The molecule has 0 spiro atoms. The molecule has 156 valence electrons. The van der Waals surface area contributed by atoms with Gasteiger partial charge in [0, 0.05) is 0 Å². The molecule has 1 fully saturated rings. The van der Waals surface area contributed by atoms with E-state index in [4.69, 9.17) is 14.6 Å². The second-order valence-electron chi connectivity index (χ2n) is 7.65. The molecule has 1 N–H and O–H groups in total. The van der Waals surface area contributed by atoms with Gasteiger partial charge >= 0.3 is 5.97 Å². The molecule has 0 amide bonds. The molecule has 1 aliphatic rings. The molecule has 0 atom stereocenters. The molecule has 1 aromatic carbocycles. The smallest absolute Gasteiger partial charge is 0.335 e. The molecule has 1 aliphatic carbocycles. The number of aliphatic hydroxyl groups excluding tert-OH is 1. The van der Waals surface area contributed by atoms with Gasteiger partial charge in [0.15, 0.2) is 11.6 Å². The second-order valence-corrected chi connectivity index (χ2v) is 7.65. The number of ether oxygens (including phenoxy) is 2. The topological polar surface area (TPSA) is 55.8 Å². The third-order valence-corrected chi connectivity index (χ3v) is 5.54. The number of unbranched alkanes of at least 4 members (excludes halogenated alkanes) is 2. The van der Waals surface area contributed by atoms with Gasteiger partial charge in [-0.1, -0.05) is 45.3 Å². The van der Waals surface area contributed by atoms with Crippen LogP contribution in [-0.4, -0.2) is 30.9 Å². The number of esters is 1. The van der Waals surface area contributed by atoms with Crippen molar-refractivity contribution in [2.75, 3.05) is 19.8 Å². The Kier molecular flexibility index (Phi) is 9.48. The van der Waals surface area contributed by atoms with Crippen LogP contribution in [0.1, 0.15) is 69.8 Å². The number of rotatable bonds is 11. The minimum atomic E-state index is -0.674. The molecular weight excluding hydrogens is 359 g/mol. The highest BCUT2D eigenvalue weighted by molar-refractivity contribution is 5.87. The van der Waals surface area contributed by atoms with E-state index in [9.17, 15) is 9.18 Å². The predicted molar refractivity (Wildman–Crippen MR) is 108 cm³/mol. The zero-order chi connectivity index (χ0) is 20.4. The van der Waals surface area contributed by atoms with Crippen LogP contribution in [0.4, 0.5) is 4.39 Å². The van der Waals surface area contributed by atoms with Crippen molar-refractivity contribution >= 4 is 5.97 Å². The van der Waals surface area contributed by atoms with Crippen molar-refractivity contribution in [3.63, 3.8) is 0 Å². The first-order valence-electron chi connectivity index (χ1n) is 10.4. The summed E-state index contributed by atoms with van der Waals surface area (Å²) in [5.74, 6) is 0.367. The zero-order valence-electron chi connectivity index (χ0n) is 16.9. The van der Waals surface area contributed by atoms with Gasteiger partial charge < -0.3 is 14.6 Å². The van der Waals surface area contributed by atoms with E-state index in [1.807, 2.05) is 6.07 Å². The molecule has 0 unspecified atom stereocenters. The number of hydrogen-bond acceptors (Lipinski definition) is 4. The molecule has 0 aliphatic heterocycles. The van der Waals surface area contributed by atoms with Gasteiger partial charge in [-0.3, -0.25) is 0 Å². The summed E-state index contributed by atoms with van der Waals surface area (Å²) < 4.78 is 24.6. The van der Waals surface area contributed by atoms with Crippen molar-refractivity contribution in [2.24, 2.45) is 5.92 Å². The van der Waals surface area contributed by atoms with Gasteiger partial charge in [-0.15, -0.1) is 0 Å². The Labute approximate surface area is 167 Å². The van der Waals surface area contributed by atoms with Crippen LogP contribution in [0, 0.1) is 11.7 Å². The molecule has 1 saturated carbocycles. The lowest BCUT2D eigenvalue weighted by molar-refractivity contribution is -0.140. The molecule has 0 aromatic heterocycles. The van der Waals surface area contributed by atoms with Gasteiger partial charge in [0.2, 0.25) is 0 Å². The van der Waals surface area contributed by atoms with Crippen molar-refractivity contribution < 1.29 is 23.8 Å². The quantitative estimate of drug-likeness (QED) is 0.321. The summed E-state index contributed by atoms with van der Waals surface area (Å²) in [7, 11) is 0. The number of carbonyl (C=O) groups is 1. The van der Waals surface area contributed by atoms with Crippen molar-refractivity contribution in [1.29, 1.82) is 0 Å². The highest BCUT2D eigenvalue weighted by atomic mass is 19.1. The maximum atomic E-state index is 14.4. The van der Waals surface area contributed by atoms with Crippen molar-refractivity contribution in [2.45, 2.75) is 64.2 Å². The number of halogens is 1. The van der Waals surface area contributed by atoms with Crippen LogP contribution >= 0.6 is 0 Å². The van der Waals surface area contributed by atoms with Gasteiger partial charge in [0.05, 0.1) is 12.2 Å². The van der Waals surface area contributed by atoms with Crippen LogP contribution in [0.3, 0.4) is 0 Å². The Morgan fingerprint density at radius 1 is 1.21 bits per heavy atom. The molecule has 0 heterocycles. The third kappa shape index (κ3) is 6.93. The predicted octanol–water partition coefficient (Wildman–Crippen LogP) is 5.15. The average molecular weight is 393 g/mol. The van der Waals surface area contributed by atoms with Gasteiger partial charge in [-0.2, -0.15) is 0 Å². The van der Waals surface area contributed by atoms with Crippen LogP contribution < -0.4 is 4.74 Å². The monoisotopic (exact) mass is 392 g/mol. The summed E-state index contributed by atoms with van der Waals surface area (Å²) in [6, 6.07) is 5.18.